The molecule has 144 valence electrons. The Balaban J connectivity index is 1.46. The number of carbonyl (C=O) groups is 2. The number of esters is 1. The van der Waals surface area contributed by atoms with Gasteiger partial charge in [-0.15, -0.1) is 11.3 Å². The van der Waals surface area contributed by atoms with Gasteiger partial charge in [0, 0.05) is 42.4 Å². The van der Waals surface area contributed by atoms with Crippen LogP contribution >= 0.6 is 11.3 Å². The smallest absolute Gasteiger partial charge is 0.348 e. The van der Waals surface area contributed by atoms with Gasteiger partial charge in [0.2, 0.25) is 0 Å². The van der Waals surface area contributed by atoms with Crippen molar-refractivity contribution in [2.45, 2.75) is 13.8 Å². The summed E-state index contributed by atoms with van der Waals surface area (Å²) in [5, 5.41) is 2.76. The van der Waals surface area contributed by atoms with Crippen LogP contribution in [0.15, 0.2) is 36.4 Å². The monoisotopic (exact) mass is 387 g/mol. The molecular weight excluding hydrogens is 362 g/mol. The number of amides is 1. The molecule has 0 bridgehead atoms. The molecule has 6 nitrogen and oxygen atoms in total. The Morgan fingerprint density at radius 3 is 2.37 bits per heavy atom. The van der Waals surface area contributed by atoms with Gasteiger partial charge in [0.15, 0.2) is 6.61 Å². The lowest BCUT2D eigenvalue weighted by molar-refractivity contribution is -0.119. The first kappa shape index (κ1) is 19.4. The summed E-state index contributed by atoms with van der Waals surface area (Å²) < 4.78 is 5.06. The van der Waals surface area contributed by atoms with E-state index in [9.17, 15) is 9.59 Å². The Bertz CT molecular complexity index is 780. The van der Waals surface area contributed by atoms with Crippen molar-refractivity contribution in [3.8, 4) is 0 Å². The van der Waals surface area contributed by atoms with E-state index in [4.69, 9.17) is 4.74 Å². The van der Waals surface area contributed by atoms with E-state index >= 15 is 0 Å². The van der Waals surface area contributed by atoms with E-state index in [1.54, 1.807) is 6.07 Å². The maximum absolute atomic E-state index is 12.0. The molecule has 3 rings (SSSR count). The molecule has 27 heavy (non-hydrogen) atoms. The topological polar surface area (TPSA) is 61.9 Å². The number of thiophene rings is 1. The van der Waals surface area contributed by atoms with Crippen molar-refractivity contribution in [3.05, 3.63) is 46.2 Å². The van der Waals surface area contributed by atoms with E-state index < -0.39 is 5.97 Å². The van der Waals surface area contributed by atoms with E-state index in [1.807, 2.05) is 37.3 Å². The lowest BCUT2D eigenvalue weighted by atomic mass is 10.2. The zero-order chi connectivity index (χ0) is 19.2. The van der Waals surface area contributed by atoms with Crippen molar-refractivity contribution >= 4 is 34.6 Å². The van der Waals surface area contributed by atoms with Crippen LogP contribution < -0.4 is 10.2 Å². The van der Waals surface area contributed by atoms with Crippen molar-refractivity contribution in [1.82, 2.24) is 4.90 Å². The highest BCUT2D eigenvalue weighted by Gasteiger charge is 2.16. The van der Waals surface area contributed by atoms with Crippen LogP contribution in [0.3, 0.4) is 0 Å². The number of aryl methyl sites for hydroxylation is 1. The molecule has 2 aromatic rings. The minimum absolute atomic E-state index is 0.295. The van der Waals surface area contributed by atoms with E-state index in [0.717, 1.165) is 43.3 Å². The third-order valence-electron chi connectivity index (χ3n) is 4.61. The van der Waals surface area contributed by atoms with E-state index in [2.05, 4.69) is 22.0 Å². The van der Waals surface area contributed by atoms with E-state index in [-0.39, 0.29) is 12.5 Å². The number of benzene rings is 1. The number of anilines is 2. The maximum Gasteiger partial charge on any atom is 0.348 e. The van der Waals surface area contributed by atoms with Gasteiger partial charge in [-0.2, -0.15) is 0 Å². The number of rotatable bonds is 6. The summed E-state index contributed by atoms with van der Waals surface area (Å²) in [6.45, 7) is 9.07. The molecule has 1 aromatic carbocycles. The minimum atomic E-state index is -0.468. The summed E-state index contributed by atoms with van der Waals surface area (Å²) in [5.74, 6) is -0.814. The van der Waals surface area contributed by atoms with E-state index in [0.29, 0.717) is 10.6 Å². The minimum Gasteiger partial charge on any atom is -0.451 e. The lowest BCUT2D eigenvalue weighted by Crippen LogP contribution is -2.46. The first-order chi connectivity index (χ1) is 13.0. The van der Waals surface area contributed by atoms with Gasteiger partial charge in [-0.25, -0.2) is 4.79 Å². The molecule has 0 unspecified atom stereocenters. The van der Waals surface area contributed by atoms with Crippen LogP contribution in [0, 0.1) is 6.92 Å². The number of piperazine rings is 1. The average molecular weight is 388 g/mol. The second-order valence-electron chi connectivity index (χ2n) is 6.50. The lowest BCUT2D eigenvalue weighted by Gasteiger charge is -2.35. The summed E-state index contributed by atoms with van der Waals surface area (Å²) in [7, 11) is 0. The van der Waals surface area contributed by atoms with Crippen LogP contribution in [0.2, 0.25) is 0 Å². The normalized spacial score (nSPS) is 14.8. The Kier molecular flexibility index (Phi) is 6.47. The molecule has 1 aromatic heterocycles. The summed E-state index contributed by atoms with van der Waals surface area (Å²) >= 11 is 1.35. The Hall–Kier alpha value is -2.38. The molecular formula is C20H25N3O3S. The second kappa shape index (κ2) is 9.01. The molecule has 0 spiro atoms. The van der Waals surface area contributed by atoms with E-state index in [1.165, 1.54) is 11.3 Å². The van der Waals surface area contributed by atoms with Crippen LogP contribution in [-0.2, 0) is 9.53 Å². The van der Waals surface area contributed by atoms with Gasteiger partial charge in [0.25, 0.3) is 5.91 Å². The quantitative estimate of drug-likeness (QED) is 0.772. The SMILES string of the molecule is CCN1CCN(c2ccc(NC(=O)COC(=O)c3ccc(C)s3)cc2)CC1. The van der Waals surface area contributed by atoms with Crippen molar-refractivity contribution in [1.29, 1.82) is 0 Å². The zero-order valence-electron chi connectivity index (χ0n) is 15.7. The van der Waals surface area contributed by atoms with Crippen molar-refractivity contribution in [2.75, 3.05) is 49.5 Å². The average Bonchev–Trinajstić information content (AvgIpc) is 3.13. The molecule has 1 saturated heterocycles. The van der Waals surface area contributed by atoms with Crippen LogP contribution in [0.1, 0.15) is 21.5 Å². The van der Waals surface area contributed by atoms with Gasteiger partial charge in [0.05, 0.1) is 0 Å². The first-order valence-electron chi connectivity index (χ1n) is 9.16. The highest BCUT2D eigenvalue weighted by atomic mass is 32.1. The fraction of sp³-hybridized carbons (Fsp3) is 0.400. The highest BCUT2D eigenvalue weighted by Crippen LogP contribution is 2.20. The fourth-order valence-corrected chi connectivity index (χ4v) is 3.78. The first-order valence-corrected chi connectivity index (χ1v) is 9.97. The molecule has 1 aliphatic rings. The second-order valence-corrected chi connectivity index (χ2v) is 7.79. The number of carbonyl (C=O) groups excluding carboxylic acids is 2. The Morgan fingerprint density at radius 2 is 1.78 bits per heavy atom. The molecule has 0 atom stereocenters. The molecule has 1 amide bonds. The highest BCUT2D eigenvalue weighted by molar-refractivity contribution is 7.13. The van der Waals surface area contributed by atoms with Gasteiger partial charge in [0.1, 0.15) is 4.88 Å². The maximum atomic E-state index is 12.0. The number of ether oxygens (including phenoxy) is 1. The number of nitrogens with zero attached hydrogens (tertiary/aromatic N) is 2. The number of hydrogen-bond acceptors (Lipinski definition) is 6. The predicted molar refractivity (Wildman–Crippen MR) is 109 cm³/mol. The summed E-state index contributed by atoms with van der Waals surface area (Å²) in [5.41, 5.74) is 1.85. The number of likely N-dealkylation sites (N-methyl/N-ethyl adjacent to an activating group) is 1. The third kappa shape index (κ3) is 5.30. The van der Waals surface area contributed by atoms with Gasteiger partial charge in [-0.1, -0.05) is 6.92 Å². The third-order valence-corrected chi connectivity index (χ3v) is 5.59. The molecule has 0 aliphatic carbocycles. The zero-order valence-corrected chi connectivity index (χ0v) is 16.6. The molecule has 7 heteroatoms. The van der Waals surface area contributed by atoms with Crippen LogP contribution in [0.5, 0.6) is 0 Å². The van der Waals surface area contributed by atoms with Crippen molar-refractivity contribution in [3.63, 3.8) is 0 Å². The van der Waals surface area contributed by atoms with Crippen molar-refractivity contribution < 1.29 is 14.3 Å². The van der Waals surface area contributed by atoms with Gasteiger partial charge < -0.3 is 19.9 Å². The van der Waals surface area contributed by atoms with Crippen LogP contribution in [0.25, 0.3) is 0 Å². The largest absolute Gasteiger partial charge is 0.451 e. The Labute approximate surface area is 163 Å². The standard InChI is InChI=1S/C20H25N3O3S/c1-3-22-10-12-23(13-11-22)17-7-5-16(6-8-17)21-19(24)14-26-20(25)18-9-4-15(2)27-18/h4-9H,3,10-14H2,1-2H3,(H,21,24). The summed E-state index contributed by atoms with van der Waals surface area (Å²) in [6.07, 6.45) is 0. The van der Waals surface area contributed by atoms with Crippen molar-refractivity contribution in [2.24, 2.45) is 0 Å². The van der Waals surface area contributed by atoms with Crippen LogP contribution in [0.4, 0.5) is 11.4 Å². The number of hydrogen-bond donors (Lipinski definition) is 1. The Morgan fingerprint density at radius 1 is 1.07 bits per heavy atom. The van der Waals surface area contributed by atoms with Gasteiger partial charge in [-0.3, -0.25) is 4.79 Å². The molecule has 0 saturated carbocycles. The summed E-state index contributed by atoms with van der Waals surface area (Å²) in [4.78, 5) is 30.2. The predicted octanol–water partition coefficient (Wildman–Crippen LogP) is 2.99. The van der Waals surface area contributed by atoms with Gasteiger partial charge >= 0.3 is 5.97 Å². The van der Waals surface area contributed by atoms with Gasteiger partial charge in [-0.05, 0) is 49.9 Å². The molecule has 1 fully saturated rings. The van der Waals surface area contributed by atoms with Crippen LogP contribution in [-0.4, -0.2) is 56.1 Å². The number of nitrogens with one attached hydrogen (secondary N) is 1. The summed E-state index contributed by atoms with van der Waals surface area (Å²) in [6, 6.07) is 11.3. The molecule has 1 aliphatic heterocycles. The fourth-order valence-electron chi connectivity index (χ4n) is 3.02. The molecule has 1 N–H and O–H groups in total. The molecule has 2 heterocycles. The molecule has 0 radical (unpaired) electrons.